The molecule has 1 aromatic carbocycles. The molecule has 6 heteroatoms. The SMILES string of the molecule is CN(C)CCCN1C(=O)C2=C(C(=O)C3CCCCC3O2)C1c1ccccc1F. The van der Waals surface area contributed by atoms with Crippen molar-refractivity contribution in [3.05, 3.63) is 47.0 Å². The van der Waals surface area contributed by atoms with Crippen LogP contribution in [0.2, 0.25) is 0 Å². The molecule has 1 saturated carbocycles. The molecule has 0 saturated heterocycles. The highest BCUT2D eigenvalue weighted by Crippen LogP contribution is 2.47. The Balaban J connectivity index is 1.73. The van der Waals surface area contributed by atoms with E-state index in [4.69, 9.17) is 4.74 Å². The van der Waals surface area contributed by atoms with Crippen LogP contribution < -0.4 is 0 Å². The summed E-state index contributed by atoms with van der Waals surface area (Å²) in [5, 5.41) is 0. The summed E-state index contributed by atoms with van der Waals surface area (Å²) >= 11 is 0. The molecular formula is C22H27FN2O3. The number of ketones is 1. The molecule has 0 bridgehead atoms. The monoisotopic (exact) mass is 386 g/mol. The van der Waals surface area contributed by atoms with E-state index < -0.39 is 11.9 Å². The predicted octanol–water partition coefficient (Wildman–Crippen LogP) is 3.07. The van der Waals surface area contributed by atoms with E-state index in [-0.39, 0.29) is 29.5 Å². The first kappa shape index (κ1) is 19.1. The quantitative estimate of drug-likeness (QED) is 0.780. The molecule has 1 amide bonds. The average molecular weight is 386 g/mol. The van der Waals surface area contributed by atoms with Crippen molar-refractivity contribution in [3.8, 4) is 0 Å². The zero-order valence-electron chi connectivity index (χ0n) is 16.5. The molecular weight excluding hydrogens is 359 g/mol. The molecule has 28 heavy (non-hydrogen) atoms. The molecule has 1 aromatic rings. The summed E-state index contributed by atoms with van der Waals surface area (Å²) in [6.07, 6.45) is 4.10. The third-order valence-electron chi connectivity index (χ3n) is 6.06. The number of ether oxygens (including phenoxy) is 1. The third kappa shape index (κ3) is 3.24. The molecule has 2 heterocycles. The van der Waals surface area contributed by atoms with Crippen LogP contribution >= 0.6 is 0 Å². The second-order valence-corrected chi connectivity index (χ2v) is 8.23. The molecule has 3 unspecified atom stereocenters. The smallest absolute Gasteiger partial charge is 0.290 e. The number of rotatable bonds is 5. The van der Waals surface area contributed by atoms with Crippen LogP contribution in [0.3, 0.4) is 0 Å². The highest BCUT2D eigenvalue weighted by atomic mass is 19.1. The van der Waals surface area contributed by atoms with Gasteiger partial charge in [-0.3, -0.25) is 9.59 Å². The summed E-state index contributed by atoms with van der Waals surface area (Å²) in [7, 11) is 3.95. The summed E-state index contributed by atoms with van der Waals surface area (Å²) in [4.78, 5) is 30.2. The van der Waals surface area contributed by atoms with E-state index in [1.807, 2.05) is 19.0 Å². The van der Waals surface area contributed by atoms with Gasteiger partial charge in [0, 0.05) is 12.1 Å². The third-order valence-corrected chi connectivity index (χ3v) is 6.06. The number of halogens is 1. The number of amides is 1. The van der Waals surface area contributed by atoms with Gasteiger partial charge in [0.1, 0.15) is 11.9 Å². The Labute approximate surface area is 165 Å². The van der Waals surface area contributed by atoms with E-state index in [0.717, 1.165) is 38.6 Å². The molecule has 1 aliphatic carbocycles. The van der Waals surface area contributed by atoms with Crippen molar-refractivity contribution in [1.82, 2.24) is 9.80 Å². The Kier molecular flexibility index (Phi) is 5.23. The molecule has 0 aromatic heterocycles. The number of nitrogens with zero attached hydrogens (tertiary/aromatic N) is 2. The fourth-order valence-corrected chi connectivity index (χ4v) is 4.70. The van der Waals surface area contributed by atoms with E-state index in [9.17, 15) is 14.0 Å². The summed E-state index contributed by atoms with van der Waals surface area (Å²) < 4.78 is 20.8. The summed E-state index contributed by atoms with van der Waals surface area (Å²) in [5.74, 6) is -0.755. The van der Waals surface area contributed by atoms with Crippen molar-refractivity contribution < 1.29 is 18.7 Å². The van der Waals surface area contributed by atoms with Gasteiger partial charge in [0.25, 0.3) is 5.91 Å². The lowest BCUT2D eigenvalue weighted by Crippen LogP contribution is -2.39. The number of benzene rings is 1. The van der Waals surface area contributed by atoms with Crippen LogP contribution in [0.1, 0.15) is 43.7 Å². The highest BCUT2D eigenvalue weighted by molar-refractivity contribution is 6.11. The van der Waals surface area contributed by atoms with Crippen LogP contribution in [0.25, 0.3) is 0 Å². The minimum Gasteiger partial charge on any atom is -0.483 e. The Bertz CT molecular complexity index is 820. The Hall–Kier alpha value is -2.21. The molecule has 2 aliphatic heterocycles. The van der Waals surface area contributed by atoms with Crippen LogP contribution in [0.4, 0.5) is 4.39 Å². The van der Waals surface area contributed by atoms with Crippen molar-refractivity contribution in [2.24, 2.45) is 5.92 Å². The molecule has 1 fully saturated rings. The molecule has 5 nitrogen and oxygen atoms in total. The normalized spacial score (nSPS) is 27.1. The molecule has 3 aliphatic rings. The van der Waals surface area contributed by atoms with Crippen LogP contribution in [0.15, 0.2) is 35.6 Å². The highest BCUT2D eigenvalue weighted by Gasteiger charge is 2.52. The van der Waals surface area contributed by atoms with E-state index >= 15 is 0 Å². The van der Waals surface area contributed by atoms with Crippen molar-refractivity contribution in [1.29, 1.82) is 0 Å². The second-order valence-electron chi connectivity index (χ2n) is 8.23. The Morgan fingerprint density at radius 3 is 2.68 bits per heavy atom. The first-order chi connectivity index (χ1) is 13.5. The van der Waals surface area contributed by atoms with Gasteiger partial charge in [-0.15, -0.1) is 0 Å². The lowest BCUT2D eigenvalue weighted by molar-refractivity contribution is -0.135. The molecule has 0 spiro atoms. The van der Waals surface area contributed by atoms with Crippen molar-refractivity contribution in [2.45, 2.75) is 44.2 Å². The number of hydrogen-bond donors (Lipinski definition) is 0. The standard InChI is InChI=1S/C22H27FN2O3/c1-24(2)12-7-13-25-19(14-8-3-5-10-16(14)23)18-20(26)15-9-4-6-11-17(15)28-21(18)22(25)27/h3,5,8,10,15,17,19H,4,6-7,9,11-13H2,1-2H3. The fourth-order valence-electron chi connectivity index (χ4n) is 4.70. The predicted molar refractivity (Wildman–Crippen MR) is 103 cm³/mol. The number of Topliss-reactive ketones (excluding diaryl/α,β-unsaturated/α-hetero) is 1. The molecule has 3 atom stereocenters. The second kappa shape index (κ2) is 7.66. The van der Waals surface area contributed by atoms with Gasteiger partial charge in [0.05, 0.1) is 17.5 Å². The average Bonchev–Trinajstić information content (AvgIpc) is 2.95. The topological polar surface area (TPSA) is 49.9 Å². The summed E-state index contributed by atoms with van der Waals surface area (Å²) in [6, 6.07) is 5.73. The lowest BCUT2D eigenvalue weighted by Gasteiger charge is -2.35. The maximum absolute atomic E-state index is 14.7. The number of carbonyl (C=O) groups excluding carboxylic acids is 2. The van der Waals surface area contributed by atoms with Crippen LogP contribution in [-0.2, 0) is 14.3 Å². The number of carbonyl (C=O) groups is 2. The largest absolute Gasteiger partial charge is 0.483 e. The fraction of sp³-hybridized carbons (Fsp3) is 0.545. The van der Waals surface area contributed by atoms with E-state index in [1.54, 1.807) is 23.1 Å². The lowest BCUT2D eigenvalue weighted by atomic mass is 9.77. The Morgan fingerprint density at radius 1 is 1.18 bits per heavy atom. The minimum atomic E-state index is -0.693. The zero-order chi connectivity index (χ0) is 19.8. The summed E-state index contributed by atoms with van der Waals surface area (Å²) in [5.41, 5.74) is 0.736. The van der Waals surface area contributed by atoms with Gasteiger partial charge < -0.3 is 14.5 Å². The van der Waals surface area contributed by atoms with Gasteiger partial charge in [-0.25, -0.2) is 4.39 Å². The van der Waals surface area contributed by atoms with Crippen LogP contribution in [0.5, 0.6) is 0 Å². The van der Waals surface area contributed by atoms with E-state index in [1.165, 1.54) is 6.07 Å². The van der Waals surface area contributed by atoms with Gasteiger partial charge >= 0.3 is 0 Å². The van der Waals surface area contributed by atoms with Gasteiger partial charge in [-0.1, -0.05) is 24.6 Å². The molecule has 150 valence electrons. The molecule has 4 rings (SSSR count). The minimum absolute atomic E-state index is 0.0253. The first-order valence-electron chi connectivity index (χ1n) is 10.1. The van der Waals surface area contributed by atoms with Crippen LogP contribution in [0, 0.1) is 11.7 Å². The molecule has 0 N–H and O–H groups in total. The van der Waals surface area contributed by atoms with Crippen molar-refractivity contribution in [2.75, 3.05) is 27.2 Å². The van der Waals surface area contributed by atoms with Crippen molar-refractivity contribution >= 4 is 11.7 Å². The number of fused-ring (bicyclic) bond motifs is 1. The number of hydrogen-bond acceptors (Lipinski definition) is 4. The van der Waals surface area contributed by atoms with Gasteiger partial charge in [0.15, 0.2) is 11.5 Å². The maximum atomic E-state index is 14.7. The summed E-state index contributed by atoms with van der Waals surface area (Å²) in [6.45, 7) is 1.26. The van der Waals surface area contributed by atoms with E-state index in [2.05, 4.69) is 0 Å². The van der Waals surface area contributed by atoms with E-state index in [0.29, 0.717) is 17.7 Å². The van der Waals surface area contributed by atoms with Gasteiger partial charge in [0.2, 0.25) is 0 Å². The Morgan fingerprint density at radius 2 is 1.93 bits per heavy atom. The molecule has 0 radical (unpaired) electrons. The zero-order valence-corrected chi connectivity index (χ0v) is 16.5. The van der Waals surface area contributed by atoms with Crippen LogP contribution in [-0.4, -0.2) is 54.8 Å². The van der Waals surface area contributed by atoms with Gasteiger partial charge in [-0.05, 0) is 52.4 Å². The maximum Gasteiger partial charge on any atom is 0.290 e. The van der Waals surface area contributed by atoms with Crippen molar-refractivity contribution in [3.63, 3.8) is 0 Å². The first-order valence-corrected chi connectivity index (χ1v) is 10.1. The van der Waals surface area contributed by atoms with Gasteiger partial charge in [-0.2, -0.15) is 0 Å².